The second-order valence-corrected chi connectivity index (χ2v) is 3.83. The third-order valence-electron chi connectivity index (χ3n) is 2.72. The zero-order valence-electron chi connectivity index (χ0n) is 10.7. The molecular weight excluding hydrogens is 242 g/mol. The van der Waals surface area contributed by atoms with Crippen LogP contribution in [0.25, 0.3) is 0 Å². The molecule has 19 heavy (non-hydrogen) atoms. The van der Waals surface area contributed by atoms with Crippen molar-refractivity contribution >= 4 is 17.3 Å². The molecule has 0 aliphatic carbocycles. The summed E-state index contributed by atoms with van der Waals surface area (Å²) in [5, 5.41) is 8.78. The molecule has 0 spiro atoms. The van der Waals surface area contributed by atoms with Crippen molar-refractivity contribution in [2.75, 3.05) is 24.8 Å². The normalized spacial score (nSPS) is 9.74. The Hall–Kier alpha value is -2.81. The third-order valence-corrected chi connectivity index (χ3v) is 2.72. The molecule has 1 aromatic heterocycles. The predicted octanol–water partition coefficient (Wildman–Crippen LogP) is 1.71. The first-order valence-corrected chi connectivity index (χ1v) is 5.55. The van der Waals surface area contributed by atoms with Gasteiger partial charge in [-0.15, -0.1) is 0 Å². The summed E-state index contributed by atoms with van der Waals surface area (Å²) in [6, 6.07) is 9.21. The van der Waals surface area contributed by atoms with Gasteiger partial charge in [0.1, 0.15) is 6.33 Å². The van der Waals surface area contributed by atoms with Crippen LogP contribution in [0.15, 0.2) is 30.6 Å². The van der Waals surface area contributed by atoms with Crippen molar-refractivity contribution in [2.45, 2.75) is 0 Å². The monoisotopic (exact) mass is 255 g/mol. The predicted molar refractivity (Wildman–Crippen MR) is 72.2 cm³/mol. The molecule has 1 heterocycles. The highest BCUT2D eigenvalue weighted by Gasteiger charge is 2.15. The largest absolute Gasteiger partial charge is 0.490 e. The fraction of sp³-hybridized carbons (Fsp3) is 0.154. The van der Waals surface area contributed by atoms with Gasteiger partial charge in [-0.05, 0) is 24.3 Å². The number of hydrogen-bond acceptors (Lipinski definition) is 6. The zero-order valence-corrected chi connectivity index (χ0v) is 10.7. The van der Waals surface area contributed by atoms with Gasteiger partial charge in [-0.1, -0.05) is 0 Å². The van der Waals surface area contributed by atoms with E-state index in [-0.39, 0.29) is 5.82 Å². The van der Waals surface area contributed by atoms with E-state index in [0.29, 0.717) is 17.1 Å². The fourth-order valence-electron chi connectivity index (χ4n) is 1.69. The first-order chi connectivity index (χ1) is 9.17. The van der Waals surface area contributed by atoms with Crippen LogP contribution in [0.5, 0.6) is 5.75 Å². The maximum atomic E-state index is 8.78. The molecule has 0 radical (unpaired) electrons. The van der Waals surface area contributed by atoms with E-state index in [1.54, 1.807) is 12.1 Å². The number of nitrogen functional groups attached to an aromatic ring is 1. The number of hydrogen-bond donors (Lipinski definition) is 1. The van der Waals surface area contributed by atoms with Crippen LogP contribution in [-0.4, -0.2) is 24.1 Å². The molecule has 0 fully saturated rings. The molecule has 0 saturated heterocycles. The molecular formula is C13H13N5O. The molecule has 2 N–H and O–H groups in total. The van der Waals surface area contributed by atoms with E-state index in [1.165, 1.54) is 13.4 Å². The number of nitriles is 1. The fourth-order valence-corrected chi connectivity index (χ4v) is 1.69. The molecule has 0 aliphatic heterocycles. The van der Waals surface area contributed by atoms with Gasteiger partial charge in [0.2, 0.25) is 5.75 Å². The van der Waals surface area contributed by atoms with Crippen LogP contribution in [0.1, 0.15) is 5.56 Å². The first-order valence-electron chi connectivity index (χ1n) is 5.55. The van der Waals surface area contributed by atoms with Crippen molar-refractivity contribution < 1.29 is 4.74 Å². The van der Waals surface area contributed by atoms with Crippen molar-refractivity contribution in [3.63, 3.8) is 0 Å². The number of anilines is 3. The highest BCUT2D eigenvalue weighted by molar-refractivity contribution is 5.70. The maximum Gasteiger partial charge on any atom is 0.204 e. The van der Waals surface area contributed by atoms with Gasteiger partial charge in [0.05, 0.1) is 18.7 Å². The van der Waals surface area contributed by atoms with Crippen molar-refractivity contribution in [3.05, 3.63) is 36.2 Å². The van der Waals surface area contributed by atoms with Crippen LogP contribution < -0.4 is 15.4 Å². The summed E-state index contributed by atoms with van der Waals surface area (Å²) in [7, 11) is 3.36. The molecule has 96 valence electrons. The van der Waals surface area contributed by atoms with Gasteiger partial charge in [-0.3, -0.25) is 0 Å². The van der Waals surface area contributed by atoms with Crippen LogP contribution in [0.4, 0.5) is 17.3 Å². The first kappa shape index (κ1) is 12.6. The van der Waals surface area contributed by atoms with E-state index in [2.05, 4.69) is 16.0 Å². The Morgan fingerprint density at radius 2 is 1.95 bits per heavy atom. The summed E-state index contributed by atoms with van der Waals surface area (Å²) >= 11 is 0. The Morgan fingerprint density at radius 1 is 1.26 bits per heavy atom. The average molecular weight is 255 g/mol. The summed E-state index contributed by atoms with van der Waals surface area (Å²) in [5.74, 6) is 1.28. The summed E-state index contributed by atoms with van der Waals surface area (Å²) in [6.45, 7) is 0. The Labute approximate surface area is 111 Å². The Kier molecular flexibility index (Phi) is 3.48. The number of nitrogens with zero attached hydrogens (tertiary/aromatic N) is 4. The van der Waals surface area contributed by atoms with E-state index in [4.69, 9.17) is 15.7 Å². The minimum Gasteiger partial charge on any atom is -0.490 e. The van der Waals surface area contributed by atoms with Gasteiger partial charge >= 0.3 is 0 Å². The summed E-state index contributed by atoms with van der Waals surface area (Å²) in [5.41, 5.74) is 7.22. The van der Waals surface area contributed by atoms with Crippen LogP contribution >= 0.6 is 0 Å². The topological polar surface area (TPSA) is 88.1 Å². The third kappa shape index (κ3) is 2.40. The van der Waals surface area contributed by atoms with Crippen LogP contribution in [0.3, 0.4) is 0 Å². The lowest BCUT2D eigenvalue weighted by atomic mass is 10.2. The zero-order chi connectivity index (χ0) is 13.8. The smallest absolute Gasteiger partial charge is 0.204 e. The van der Waals surface area contributed by atoms with E-state index in [0.717, 1.165) is 5.69 Å². The second-order valence-electron chi connectivity index (χ2n) is 3.83. The summed E-state index contributed by atoms with van der Waals surface area (Å²) < 4.78 is 5.22. The summed E-state index contributed by atoms with van der Waals surface area (Å²) in [6.07, 6.45) is 1.38. The molecule has 0 saturated carbocycles. The van der Waals surface area contributed by atoms with Gasteiger partial charge in [-0.25, -0.2) is 9.97 Å². The second kappa shape index (κ2) is 5.23. The summed E-state index contributed by atoms with van der Waals surface area (Å²) in [4.78, 5) is 9.88. The van der Waals surface area contributed by atoms with E-state index in [9.17, 15) is 0 Å². The minimum absolute atomic E-state index is 0.285. The van der Waals surface area contributed by atoms with Gasteiger partial charge in [0, 0.05) is 12.7 Å². The molecule has 0 amide bonds. The molecule has 2 rings (SSSR count). The van der Waals surface area contributed by atoms with Gasteiger partial charge in [0.15, 0.2) is 11.6 Å². The number of nitrogens with two attached hydrogens (primary N) is 1. The standard InChI is InChI=1S/C13H13N5O/c1-18(10-5-3-9(7-14)4-6-10)13-11(19-2)12(15)16-8-17-13/h3-6,8H,1-2H3,(H2,15,16,17). The van der Waals surface area contributed by atoms with Crippen molar-refractivity contribution in [2.24, 2.45) is 0 Å². The van der Waals surface area contributed by atoms with Crippen molar-refractivity contribution in [1.29, 1.82) is 5.26 Å². The number of aromatic nitrogens is 2. The van der Waals surface area contributed by atoms with E-state index in [1.807, 2.05) is 24.1 Å². The molecule has 6 nitrogen and oxygen atoms in total. The Morgan fingerprint density at radius 3 is 2.53 bits per heavy atom. The Balaban J connectivity index is 2.41. The number of ether oxygens (including phenoxy) is 1. The number of benzene rings is 1. The number of rotatable bonds is 3. The Bertz CT molecular complexity index is 618. The highest BCUT2D eigenvalue weighted by atomic mass is 16.5. The minimum atomic E-state index is 0.285. The van der Waals surface area contributed by atoms with Crippen LogP contribution in [-0.2, 0) is 0 Å². The molecule has 6 heteroatoms. The average Bonchev–Trinajstić information content (AvgIpc) is 2.46. The van der Waals surface area contributed by atoms with Crippen LogP contribution in [0.2, 0.25) is 0 Å². The van der Waals surface area contributed by atoms with Gasteiger partial charge in [-0.2, -0.15) is 5.26 Å². The molecule has 0 bridgehead atoms. The maximum absolute atomic E-state index is 8.78. The lowest BCUT2D eigenvalue weighted by Crippen LogP contribution is -2.14. The lowest BCUT2D eigenvalue weighted by molar-refractivity contribution is 0.414. The highest BCUT2D eigenvalue weighted by Crippen LogP contribution is 2.33. The number of methoxy groups -OCH3 is 1. The molecule has 2 aromatic rings. The molecule has 0 aliphatic rings. The van der Waals surface area contributed by atoms with Crippen molar-refractivity contribution in [1.82, 2.24) is 9.97 Å². The molecule has 0 atom stereocenters. The van der Waals surface area contributed by atoms with Gasteiger partial charge < -0.3 is 15.4 Å². The quantitative estimate of drug-likeness (QED) is 0.898. The van der Waals surface area contributed by atoms with E-state index >= 15 is 0 Å². The molecule has 1 aromatic carbocycles. The van der Waals surface area contributed by atoms with Crippen molar-refractivity contribution in [3.8, 4) is 11.8 Å². The SMILES string of the molecule is COc1c(N)ncnc1N(C)c1ccc(C#N)cc1. The van der Waals surface area contributed by atoms with Gasteiger partial charge in [0.25, 0.3) is 0 Å². The van der Waals surface area contributed by atoms with Crippen LogP contribution in [0, 0.1) is 11.3 Å². The van der Waals surface area contributed by atoms with E-state index < -0.39 is 0 Å². The molecule has 0 unspecified atom stereocenters. The lowest BCUT2D eigenvalue weighted by Gasteiger charge is -2.20.